The van der Waals surface area contributed by atoms with Crippen molar-refractivity contribution in [2.45, 2.75) is 4.90 Å². The molecule has 2 aromatic heterocycles. The molecule has 0 aliphatic carbocycles. The lowest BCUT2D eigenvalue weighted by molar-refractivity contribution is 0.588. The minimum absolute atomic E-state index is 0.183. The third-order valence-electron chi connectivity index (χ3n) is 3.40. The number of nitrogens with one attached hydrogen (secondary N) is 2. The molecule has 0 bridgehead atoms. The third kappa shape index (κ3) is 2.35. The van der Waals surface area contributed by atoms with E-state index in [9.17, 15) is 8.42 Å². The summed E-state index contributed by atoms with van der Waals surface area (Å²) in [6, 6.07) is 10.5. The summed E-state index contributed by atoms with van der Waals surface area (Å²) in [5.41, 5.74) is 2.59. The second-order valence-corrected chi connectivity index (χ2v) is 6.56. The summed E-state index contributed by atoms with van der Waals surface area (Å²) < 4.78 is 26.1. The predicted octanol–water partition coefficient (Wildman–Crippen LogP) is 2.01. The van der Waals surface area contributed by atoms with Gasteiger partial charge in [-0.15, -0.1) is 0 Å². The van der Waals surface area contributed by atoms with Crippen molar-refractivity contribution in [3.63, 3.8) is 0 Å². The monoisotopic (exact) mass is 312 g/mol. The van der Waals surface area contributed by atoms with E-state index < -0.39 is 10.0 Å². The smallest absolute Gasteiger partial charge is 0.240 e. The molecule has 110 valence electrons. The van der Waals surface area contributed by atoms with E-state index in [0.717, 1.165) is 11.1 Å². The SMILES string of the molecule is CNS(=O)(=O)c1cccc(-c2cnc3[nH]cc(C#N)c3c2)c1. The lowest BCUT2D eigenvalue weighted by Gasteiger charge is -2.06. The molecule has 0 unspecified atom stereocenters. The quantitative estimate of drug-likeness (QED) is 0.772. The molecule has 1 aromatic carbocycles. The molecular weight excluding hydrogens is 300 g/mol. The van der Waals surface area contributed by atoms with Crippen LogP contribution in [0.1, 0.15) is 5.56 Å². The summed E-state index contributed by atoms with van der Waals surface area (Å²) in [7, 11) is -2.13. The Morgan fingerprint density at radius 3 is 2.82 bits per heavy atom. The number of hydrogen-bond acceptors (Lipinski definition) is 4. The van der Waals surface area contributed by atoms with Crippen molar-refractivity contribution < 1.29 is 8.42 Å². The van der Waals surface area contributed by atoms with Crippen LogP contribution in [0.3, 0.4) is 0 Å². The van der Waals surface area contributed by atoms with Crippen LogP contribution in [-0.2, 0) is 10.0 Å². The van der Waals surface area contributed by atoms with Crippen LogP contribution >= 0.6 is 0 Å². The van der Waals surface area contributed by atoms with Crippen molar-refractivity contribution in [2.24, 2.45) is 0 Å². The van der Waals surface area contributed by atoms with Crippen LogP contribution in [0.5, 0.6) is 0 Å². The number of H-pyrrole nitrogens is 1. The van der Waals surface area contributed by atoms with Crippen LogP contribution in [-0.4, -0.2) is 25.4 Å². The molecule has 6 nitrogen and oxygen atoms in total. The average Bonchev–Trinajstić information content (AvgIpc) is 2.97. The van der Waals surface area contributed by atoms with Gasteiger partial charge in [-0.25, -0.2) is 18.1 Å². The van der Waals surface area contributed by atoms with E-state index in [4.69, 9.17) is 5.26 Å². The highest BCUT2D eigenvalue weighted by molar-refractivity contribution is 7.89. The minimum Gasteiger partial charge on any atom is -0.345 e. The van der Waals surface area contributed by atoms with Crippen molar-refractivity contribution >= 4 is 21.1 Å². The van der Waals surface area contributed by atoms with Crippen molar-refractivity contribution in [3.8, 4) is 17.2 Å². The Bertz CT molecular complexity index is 1000. The van der Waals surface area contributed by atoms with Crippen molar-refractivity contribution in [1.82, 2.24) is 14.7 Å². The highest BCUT2D eigenvalue weighted by Crippen LogP contribution is 2.26. The Morgan fingerprint density at radius 2 is 2.09 bits per heavy atom. The van der Waals surface area contributed by atoms with E-state index in [2.05, 4.69) is 20.8 Å². The van der Waals surface area contributed by atoms with Gasteiger partial charge in [-0.05, 0) is 30.8 Å². The zero-order valence-electron chi connectivity index (χ0n) is 11.7. The first-order chi connectivity index (χ1) is 10.5. The van der Waals surface area contributed by atoms with E-state index >= 15 is 0 Å². The molecule has 0 radical (unpaired) electrons. The molecule has 0 saturated heterocycles. The molecule has 0 spiro atoms. The molecule has 0 aliphatic heterocycles. The van der Waals surface area contributed by atoms with Gasteiger partial charge in [-0.3, -0.25) is 0 Å². The van der Waals surface area contributed by atoms with Gasteiger partial charge in [0.05, 0.1) is 10.5 Å². The molecule has 0 fully saturated rings. The topological polar surface area (TPSA) is 98.6 Å². The first-order valence-electron chi connectivity index (χ1n) is 6.46. The Balaban J connectivity index is 2.16. The van der Waals surface area contributed by atoms with Crippen molar-refractivity contribution in [1.29, 1.82) is 5.26 Å². The molecule has 7 heteroatoms. The molecule has 2 heterocycles. The normalized spacial score (nSPS) is 11.5. The van der Waals surface area contributed by atoms with Crippen molar-refractivity contribution in [2.75, 3.05) is 7.05 Å². The van der Waals surface area contributed by atoms with Crippen LogP contribution in [0.4, 0.5) is 0 Å². The Labute approximate surface area is 127 Å². The van der Waals surface area contributed by atoms with E-state index in [0.29, 0.717) is 16.6 Å². The van der Waals surface area contributed by atoms with Crippen LogP contribution in [0, 0.1) is 11.3 Å². The zero-order chi connectivity index (χ0) is 15.7. The fourth-order valence-corrected chi connectivity index (χ4v) is 2.99. The predicted molar refractivity (Wildman–Crippen MR) is 82.5 cm³/mol. The third-order valence-corrected chi connectivity index (χ3v) is 4.81. The maximum absolute atomic E-state index is 11.9. The minimum atomic E-state index is -3.50. The molecule has 0 saturated carbocycles. The summed E-state index contributed by atoms with van der Waals surface area (Å²) in [5.74, 6) is 0. The molecule has 0 aliphatic rings. The van der Waals surface area contributed by atoms with Crippen LogP contribution in [0.2, 0.25) is 0 Å². The van der Waals surface area contributed by atoms with Gasteiger partial charge in [0.15, 0.2) is 0 Å². The molecule has 2 N–H and O–H groups in total. The average molecular weight is 312 g/mol. The fraction of sp³-hybridized carbons (Fsp3) is 0.0667. The van der Waals surface area contributed by atoms with Gasteiger partial charge in [0.1, 0.15) is 11.7 Å². The lowest BCUT2D eigenvalue weighted by atomic mass is 10.1. The molecule has 0 amide bonds. The maximum Gasteiger partial charge on any atom is 0.240 e. The summed E-state index contributed by atoms with van der Waals surface area (Å²) in [6.07, 6.45) is 3.24. The number of benzene rings is 1. The fourth-order valence-electron chi connectivity index (χ4n) is 2.21. The number of pyridine rings is 1. The number of fused-ring (bicyclic) bond motifs is 1. The summed E-state index contributed by atoms with van der Waals surface area (Å²) in [5, 5.41) is 9.79. The van der Waals surface area contributed by atoms with Gasteiger partial charge in [0, 0.05) is 23.3 Å². The molecule has 3 rings (SSSR count). The van der Waals surface area contributed by atoms with Gasteiger partial charge < -0.3 is 4.98 Å². The van der Waals surface area contributed by atoms with Gasteiger partial charge in [-0.1, -0.05) is 12.1 Å². The maximum atomic E-state index is 11.9. The first-order valence-corrected chi connectivity index (χ1v) is 7.94. The van der Waals surface area contributed by atoms with E-state index in [1.807, 2.05) is 6.07 Å². The van der Waals surface area contributed by atoms with E-state index in [1.54, 1.807) is 30.6 Å². The molecular formula is C15H12N4O2S. The van der Waals surface area contributed by atoms with Gasteiger partial charge in [0.2, 0.25) is 10.0 Å². The first kappa shape index (κ1) is 14.3. The number of sulfonamides is 1. The number of nitrogens with zero attached hydrogens (tertiary/aromatic N) is 2. The summed E-state index contributed by atoms with van der Waals surface area (Å²) in [4.78, 5) is 7.37. The zero-order valence-corrected chi connectivity index (χ0v) is 12.5. The van der Waals surface area contributed by atoms with Gasteiger partial charge in [-0.2, -0.15) is 5.26 Å². The second-order valence-electron chi connectivity index (χ2n) is 4.67. The standard InChI is InChI=1S/C15H12N4O2S/c1-17-22(20,21)13-4-2-3-10(5-13)11-6-14-12(7-16)9-19-15(14)18-8-11/h2-6,8-9,17H,1H3,(H,18,19). The number of hydrogen-bond donors (Lipinski definition) is 2. The van der Waals surface area contributed by atoms with E-state index in [-0.39, 0.29) is 4.90 Å². The Morgan fingerprint density at radius 1 is 1.27 bits per heavy atom. The summed E-state index contributed by atoms with van der Waals surface area (Å²) in [6.45, 7) is 0. The molecule has 22 heavy (non-hydrogen) atoms. The highest BCUT2D eigenvalue weighted by Gasteiger charge is 2.13. The highest BCUT2D eigenvalue weighted by atomic mass is 32.2. The second kappa shape index (κ2) is 5.26. The molecule has 0 atom stereocenters. The largest absolute Gasteiger partial charge is 0.345 e. The van der Waals surface area contributed by atoms with Crippen LogP contribution < -0.4 is 4.72 Å². The number of nitriles is 1. The summed E-state index contributed by atoms with van der Waals surface area (Å²) >= 11 is 0. The lowest BCUT2D eigenvalue weighted by Crippen LogP contribution is -2.18. The van der Waals surface area contributed by atoms with Crippen molar-refractivity contribution in [3.05, 3.63) is 48.3 Å². The van der Waals surface area contributed by atoms with Gasteiger partial charge in [0.25, 0.3) is 0 Å². The van der Waals surface area contributed by atoms with Crippen LogP contribution in [0.25, 0.3) is 22.2 Å². The van der Waals surface area contributed by atoms with Crippen LogP contribution in [0.15, 0.2) is 47.6 Å². The number of aromatic nitrogens is 2. The number of rotatable bonds is 3. The Hall–Kier alpha value is -2.69. The number of aromatic amines is 1. The Kier molecular flexibility index (Phi) is 3.41. The van der Waals surface area contributed by atoms with E-state index in [1.165, 1.54) is 13.1 Å². The molecule has 3 aromatic rings. The van der Waals surface area contributed by atoms with Gasteiger partial charge >= 0.3 is 0 Å².